The Bertz CT molecular complexity index is 2850. The summed E-state index contributed by atoms with van der Waals surface area (Å²) < 4.78 is 6.55. The van der Waals surface area contributed by atoms with E-state index in [1.807, 2.05) is 121 Å². The zero-order chi connectivity index (χ0) is 36.6. The van der Waals surface area contributed by atoms with Gasteiger partial charge in [0, 0.05) is 44.2 Å². The van der Waals surface area contributed by atoms with Gasteiger partial charge >= 0.3 is 0 Å². The van der Waals surface area contributed by atoms with Crippen molar-refractivity contribution in [3.05, 3.63) is 188 Å². The van der Waals surface area contributed by atoms with Crippen molar-refractivity contribution in [3.63, 3.8) is 0 Å². The third-order valence-electron chi connectivity index (χ3n) is 9.73. The van der Waals surface area contributed by atoms with E-state index in [1.165, 1.54) is 0 Å². The molecule has 0 unspecified atom stereocenters. The molecule has 55 heavy (non-hydrogen) atoms. The Morgan fingerprint density at radius 1 is 0.291 bits per heavy atom. The third-order valence-corrected chi connectivity index (χ3v) is 9.73. The van der Waals surface area contributed by atoms with Gasteiger partial charge in [0.2, 0.25) is 0 Å². The second-order valence-corrected chi connectivity index (χ2v) is 13.3. The van der Waals surface area contributed by atoms with Crippen LogP contribution in [0.3, 0.4) is 0 Å². The van der Waals surface area contributed by atoms with E-state index >= 15 is 0 Å². The minimum atomic E-state index is 0.555. The van der Waals surface area contributed by atoms with Gasteiger partial charge < -0.3 is 4.42 Å². The average Bonchev–Trinajstić information content (AvgIpc) is 3.66. The molecule has 0 saturated heterocycles. The van der Waals surface area contributed by atoms with Gasteiger partial charge in [-0.25, -0.2) is 24.9 Å². The lowest BCUT2D eigenvalue weighted by Crippen LogP contribution is -2.00. The lowest BCUT2D eigenvalue weighted by atomic mass is 9.95. The molecule has 0 atom stereocenters. The summed E-state index contributed by atoms with van der Waals surface area (Å²) in [5, 5.41) is 2.05. The van der Waals surface area contributed by atoms with Gasteiger partial charge in [0.25, 0.3) is 0 Å². The zero-order valence-corrected chi connectivity index (χ0v) is 29.5. The number of hydrogen-bond donors (Lipinski definition) is 0. The van der Waals surface area contributed by atoms with Crippen LogP contribution < -0.4 is 0 Å². The third kappa shape index (κ3) is 6.22. The summed E-state index contributed by atoms with van der Waals surface area (Å²) >= 11 is 0. The Morgan fingerprint density at radius 2 is 0.745 bits per heavy atom. The van der Waals surface area contributed by atoms with E-state index in [1.54, 1.807) is 0 Å². The van der Waals surface area contributed by atoms with Gasteiger partial charge in [0.15, 0.2) is 23.3 Å². The van der Waals surface area contributed by atoms with Crippen molar-refractivity contribution < 1.29 is 4.42 Å². The van der Waals surface area contributed by atoms with Crippen LogP contribution in [0.5, 0.6) is 0 Å². The first-order valence-corrected chi connectivity index (χ1v) is 18.2. The van der Waals surface area contributed by atoms with Gasteiger partial charge in [-0.2, -0.15) is 0 Å². The van der Waals surface area contributed by atoms with Crippen molar-refractivity contribution in [1.29, 1.82) is 0 Å². The van der Waals surface area contributed by atoms with Crippen molar-refractivity contribution in [3.8, 4) is 79.2 Å². The molecule has 0 radical (unpaired) electrons. The molecule has 6 heteroatoms. The van der Waals surface area contributed by atoms with Gasteiger partial charge in [-0.05, 0) is 41.5 Å². The van der Waals surface area contributed by atoms with E-state index in [2.05, 4.69) is 66.7 Å². The number of hydrogen-bond acceptors (Lipinski definition) is 6. The molecule has 7 aromatic carbocycles. The fourth-order valence-corrected chi connectivity index (χ4v) is 7.06. The summed E-state index contributed by atoms with van der Waals surface area (Å²) in [6, 6.07) is 63.4. The normalized spacial score (nSPS) is 11.3. The maximum absolute atomic E-state index is 6.55. The molecule has 0 aliphatic heterocycles. The Balaban J connectivity index is 1.18. The average molecular weight is 706 g/mol. The number of furan rings is 1. The molecular formula is C49H31N5O. The monoisotopic (exact) mass is 705 g/mol. The van der Waals surface area contributed by atoms with E-state index in [4.69, 9.17) is 29.3 Å². The minimum Gasteiger partial charge on any atom is -0.456 e. The zero-order valence-electron chi connectivity index (χ0n) is 29.5. The first kappa shape index (κ1) is 32.1. The molecule has 0 aliphatic rings. The molecule has 0 spiro atoms. The van der Waals surface area contributed by atoms with Crippen molar-refractivity contribution >= 4 is 21.9 Å². The number of rotatable bonds is 7. The smallest absolute Gasteiger partial charge is 0.164 e. The lowest BCUT2D eigenvalue weighted by molar-refractivity contribution is 0.669. The van der Waals surface area contributed by atoms with Gasteiger partial charge in [-0.1, -0.05) is 158 Å². The number of fused-ring (bicyclic) bond motifs is 3. The highest BCUT2D eigenvalue weighted by Gasteiger charge is 2.19. The molecule has 0 fully saturated rings. The van der Waals surface area contributed by atoms with Gasteiger partial charge in [-0.15, -0.1) is 0 Å². The molecule has 0 bridgehead atoms. The van der Waals surface area contributed by atoms with Crippen LogP contribution in [0.1, 0.15) is 0 Å². The van der Waals surface area contributed by atoms with Crippen LogP contribution in [-0.4, -0.2) is 24.9 Å². The van der Waals surface area contributed by atoms with Crippen molar-refractivity contribution in [1.82, 2.24) is 24.9 Å². The quantitative estimate of drug-likeness (QED) is 0.164. The van der Waals surface area contributed by atoms with Crippen LogP contribution in [0.2, 0.25) is 0 Å². The molecule has 3 heterocycles. The molecule has 0 N–H and O–H groups in total. The fourth-order valence-electron chi connectivity index (χ4n) is 7.06. The highest BCUT2D eigenvalue weighted by molar-refractivity contribution is 6.13. The Labute approximate surface area is 317 Å². The predicted octanol–water partition coefficient (Wildman–Crippen LogP) is 12.2. The molecule has 258 valence electrons. The maximum atomic E-state index is 6.55. The largest absolute Gasteiger partial charge is 0.456 e. The number of aromatic nitrogens is 5. The van der Waals surface area contributed by atoms with E-state index in [-0.39, 0.29) is 0 Å². The maximum Gasteiger partial charge on any atom is 0.164 e. The minimum absolute atomic E-state index is 0.555. The Morgan fingerprint density at radius 3 is 1.33 bits per heavy atom. The van der Waals surface area contributed by atoms with Crippen LogP contribution in [0.25, 0.3) is 101 Å². The number of para-hydroxylation sites is 1. The molecule has 0 aliphatic carbocycles. The summed E-state index contributed by atoms with van der Waals surface area (Å²) in [5.41, 5.74) is 10.9. The first-order valence-electron chi connectivity index (χ1n) is 18.2. The van der Waals surface area contributed by atoms with Crippen molar-refractivity contribution in [2.75, 3.05) is 0 Å². The fraction of sp³-hybridized carbons (Fsp3) is 0. The van der Waals surface area contributed by atoms with Crippen molar-refractivity contribution in [2.24, 2.45) is 0 Å². The highest BCUT2D eigenvalue weighted by Crippen LogP contribution is 2.41. The Kier molecular flexibility index (Phi) is 8.04. The van der Waals surface area contributed by atoms with Crippen LogP contribution >= 0.6 is 0 Å². The second kappa shape index (κ2) is 13.8. The van der Waals surface area contributed by atoms with Crippen LogP contribution in [0.4, 0.5) is 0 Å². The van der Waals surface area contributed by atoms with Crippen molar-refractivity contribution in [2.45, 2.75) is 0 Å². The summed E-state index contributed by atoms with van der Waals surface area (Å²) in [5.74, 6) is 2.40. The standard InChI is InChI=1S/C49H31N5O/c1-5-16-32(17-6-1)41-31-42(33-18-7-2-8-19-33)51-48(50-41)37-25-15-24-36(28-37)40-29-38(30-44-45(40)39-26-13-14-27-43(39)55-44)49-53-46(34-20-9-3-10-21-34)52-47(54-49)35-22-11-4-12-23-35/h1-31H. The molecule has 10 rings (SSSR count). The highest BCUT2D eigenvalue weighted by atomic mass is 16.3. The lowest BCUT2D eigenvalue weighted by Gasteiger charge is -2.12. The summed E-state index contributed by atoms with van der Waals surface area (Å²) in [4.78, 5) is 25.3. The molecule has 10 aromatic rings. The Hall–Kier alpha value is -7.57. The van der Waals surface area contributed by atoms with Gasteiger partial charge in [0.05, 0.1) is 11.4 Å². The number of benzene rings is 7. The van der Waals surface area contributed by atoms with E-state index < -0.39 is 0 Å². The van der Waals surface area contributed by atoms with Crippen LogP contribution in [-0.2, 0) is 0 Å². The first-order chi connectivity index (χ1) is 27.2. The molecular weight excluding hydrogens is 675 g/mol. The predicted molar refractivity (Wildman–Crippen MR) is 221 cm³/mol. The summed E-state index contributed by atoms with van der Waals surface area (Å²) in [6.45, 7) is 0. The van der Waals surface area contributed by atoms with Gasteiger partial charge in [-0.3, -0.25) is 0 Å². The molecule has 0 amide bonds. The van der Waals surface area contributed by atoms with E-state index in [9.17, 15) is 0 Å². The molecule has 6 nitrogen and oxygen atoms in total. The van der Waals surface area contributed by atoms with Crippen LogP contribution in [0, 0.1) is 0 Å². The molecule has 0 saturated carbocycles. The van der Waals surface area contributed by atoms with Crippen LogP contribution in [0.15, 0.2) is 192 Å². The summed E-state index contributed by atoms with van der Waals surface area (Å²) in [7, 11) is 0. The number of nitrogens with zero attached hydrogens (tertiary/aromatic N) is 5. The van der Waals surface area contributed by atoms with Gasteiger partial charge in [0.1, 0.15) is 11.2 Å². The summed E-state index contributed by atoms with van der Waals surface area (Å²) in [6.07, 6.45) is 0. The second-order valence-electron chi connectivity index (χ2n) is 13.3. The molecule has 3 aromatic heterocycles. The topological polar surface area (TPSA) is 77.6 Å². The SMILES string of the molecule is c1ccc(-c2cc(-c3ccccc3)nc(-c3cccc(-c4cc(-c5nc(-c6ccccc6)nc(-c6ccccc6)n5)cc5oc6ccccc6c45)c3)n2)cc1. The van der Waals surface area contributed by atoms with E-state index in [0.717, 1.165) is 77.8 Å². The van der Waals surface area contributed by atoms with E-state index in [0.29, 0.717) is 23.3 Å².